The SMILES string of the molecule is O=[C-]Cc1nc(-c2ccc([N+](=O)[O-])cc2)n[nH]1.[Na+]. The second-order valence-electron chi connectivity index (χ2n) is 3.23. The van der Waals surface area contributed by atoms with Crippen molar-refractivity contribution in [3.63, 3.8) is 0 Å². The van der Waals surface area contributed by atoms with Gasteiger partial charge in [-0.3, -0.25) is 21.5 Å². The molecule has 0 saturated carbocycles. The smallest absolute Gasteiger partial charge is 0.541 e. The van der Waals surface area contributed by atoms with Crippen LogP contribution in [0.2, 0.25) is 0 Å². The van der Waals surface area contributed by atoms with E-state index in [-0.39, 0.29) is 41.7 Å². The molecule has 1 heterocycles. The fourth-order valence-corrected chi connectivity index (χ4v) is 1.30. The number of nitro benzene ring substituents is 1. The van der Waals surface area contributed by atoms with Crippen molar-refractivity contribution in [3.05, 3.63) is 40.2 Å². The van der Waals surface area contributed by atoms with Crippen LogP contribution in [0.25, 0.3) is 11.4 Å². The minimum Gasteiger partial charge on any atom is -0.541 e. The standard InChI is InChI=1S/C10H7N4O3.Na/c15-6-5-9-11-10(13-12-9)7-1-3-8(4-2-7)14(16)17;/h1-4H,5H2,(H,11,12,13);/q-1;+1. The molecule has 0 radical (unpaired) electrons. The van der Waals surface area contributed by atoms with Crippen molar-refractivity contribution >= 4 is 12.0 Å². The second-order valence-corrected chi connectivity index (χ2v) is 3.23. The minimum absolute atomic E-state index is 0. The van der Waals surface area contributed by atoms with E-state index in [4.69, 9.17) is 0 Å². The van der Waals surface area contributed by atoms with E-state index in [1.54, 1.807) is 18.4 Å². The van der Waals surface area contributed by atoms with Crippen molar-refractivity contribution in [1.82, 2.24) is 15.2 Å². The zero-order valence-corrected chi connectivity index (χ0v) is 11.6. The Kier molecular flexibility index (Phi) is 5.14. The van der Waals surface area contributed by atoms with Gasteiger partial charge in [-0.25, -0.2) is 4.98 Å². The predicted octanol–water partition coefficient (Wildman–Crippen LogP) is -1.96. The summed E-state index contributed by atoms with van der Waals surface area (Å²) in [4.78, 5) is 24.2. The normalized spacial score (nSPS) is 9.56. The van der Waals surface area contributed by atoms with Crippen LogP contribution >= 0.6 is 0 Å². The van der Waals surface area contributed by atoms with Gasteiger partial charge in [-0.2, -0.15) is 5.10 Å². The molecule has 0 unspecified atom stereocenters. The van der Waals surface area contributed by atoms with E-state index in [2.05, 4.69) is 15.2 Å². The maximum absolute atomic E-state index is 10.5. The van der Waals surface area contributed by atoms with E-state index in [1.807, 2.05) is 0 Å². The van der Waals surface area contributed by atoms with Gasteiger partial charge in [0.2, 0.25) is 0 Å². The summed E-state index contributed by atoms with van der Waals surface area (Å²) in [7, 11) is 0. The third-order valence-electron chi connectivity index (χ3n) is 2.11. The molecule has 18 heavy (non-hydrogen) atoms. The van der Waals surface area contributed by atoms with E-state index in [0.717, 1.165) is 0 Å². The fourth-order valence-electron chi connectivity index (χ4n) is 1.30. The van der Waals surface area contributed by atoms with Crippen LogP contribution in [0.5, 0.6) is 0 Å². The topological polar surface area (TPSA) is 102 Å². The van der Waals surface area contributed by atoms with E-state index in [9.17, 15) is 14.9 Å². The number of nitrogens with zero attached hydrogens (tertiary/aromatic N) is 3. The Morgan fingerprint density at radius 1 is 1.33 bits per heavy atom. The number of non-ortho nitro benzene ring substituents is 1. The minimum atomic E-state index is -0.478. The molecular formula is C10H7N4NaO3. The van der Waals surface area contributed by atoms with E-state index in [0.29, 0.717) is 17.2 Å². The Labute approximate surface area is 124 Å². The Balaban J connectivity index is 0.00000162. The summed E-state index contributed by atoms with van der Waals surface area (Å²) in [5, 5.41) is 16.9. The molecule has 0 amide bonds. The van der Waals surface area contributed by atoms with Crippen LogP contribution in [-0.4, -0.2) is 26.4 Å². The summed E-state index contributed by atoms with van der Waals surface area (Å²) < 4.78 is 0. The summed E-state index contributed by atoms with van der Waals surface area (Å²) >= 11 is 0. The van der Waals surface area contributed by atoms with Crippen LogP contribution in [0.1, 0.15) is 5.82 Å². The van der Waals surface area contributed by atoms with Gasteiger partial charge in [-0.1, -0.05) is 6.42 Å². The summed E-state index contributed by atoms with van der Waals surface area (Å²) in [5.41, 5.74) is 0.648. The van der Waals surface area contributed by atoms with Gasteiger partial charge in [0.1, 0.15) is 0 Å². The van der Waals surface area contributed by atoms with Crippen molar-refractivity contribution < 1.29 is 39.3 Å². The number of carbonyl (C=O) groups excluding carboxylic acids is 1. The Hall–Kier alpha value is -1.57. The first-order chi connectivity index (χ1) is 8.20. The van der Waals surface area contributed by atoms with Gasteiger partial charge < -0.3 is 4.79 Å². The van der Waals surface area contributed by atoms with Crippen LogP contribution in [0.15, 0.2) is 24.3 Å². The quantitative estimate of drug-likeness (QED) is 0.295. The van der Waals surface area contributed by atoms with Gasteiger partial charge in [0.25, 0.3) is 5.69 Å². The third kappa shape index (κ3) is 3.22. The second kappa shape index (κ2) is 6.39. The number of nitro groups is 1. The van der Waals surface area contributed by atoms with Crippen LogP contribution in [0, 0.1) is 10.1 Å². The van der Waals surface area contributed by atoms with Gasteiger partial charge in [0, 0.05) is 17.7 Å². The van der Waals surface area contributed by atoms with Crippen LogP contribution < -0.4 is 29.6 Å². The molecule has 2 rings (SSSR count). The Bertz CT molecular complexity index is 553. The van der Waals surface area contributed by atoms with Crippen LogP contribution in [0.3, 0.4) is 0 Å². The predicted molar refractivity (Wildman–Crippen MR) is 57.9 cm³/mol. The summed E-state index contributed by atoms with van der Waals surface area (Å²) in [6.45, 7) is 0. The first kappa shape index (κ1) is 14.5. The Morgan fingerprint density at radius 2 is 2.00 bits per heavy atom. The number of hydrogen-bond donors (Lipinski definition) is 1. The van der Waals surface area contributed by atoms with Crippen molar-refractivity contribution in [2.45, 2.75) is 6.42 Å². The van der Waals surface area contributed by atoms with Gasteiger partial charge in [0.05, 0.1) is 10.7 Å². The van der Waals surface area contributed by atoms with Crippen molar-refractivity contribution in [2.75, 3.05) is 0 Å². The third-order valence-corrected chi connectivity index (χ3v) is 2.11. The first-order valence-corrected chi connectivity index (χ1v) is 4.72. The molecule has 0 aliphatic carbocycles. The van der Waals surface area contributed by atoms with Crippen molar-refractivity contribution in [1.29, 1.82) is 0 Å². The molecule has 0 saturated heterocycles. The van der Waals surface area contributed by atoms with Crippen molar-refractivity contribution in [2.24, 2.45) is 0 Å². The monoisotopic (exact) mass is 254 g/mol. The molecule has 0 aliphatic heterocycles. The summed E-state index contributed by atoms with van der Waals surface area (Å²) in [5.74, 6) is 0.804. The number of aromatic nitrogens is 3. The fraction of sp³-hybridized carbons (Fsp3) is 0.100. The molecule has 86 valence electrons. The van der Waals surface area contributed by atoms with Crippen LogP contribution in [0.4, 0.5) is 5.69 Å². The van der Waals surface area contributed by atoms with Crippen molar-refractivity contribution in [3.8, 4) is 11.4 Å². The number of H-pyrrole nitrogens is 1. The largest absolute Gasteiger partial charge is 1.00 e. The van der Waals surface area contributed by atoms with E-state index >= 15 is 0 Å². The number of nitrogens with one attached hydrogen (secondary N) is 1. The zero-order chi connectivity index (χ0) is 12.3. The van der Waals surface area contributed by atoms with E-state index < -0.39 is 4.92 Å². The molecule has 0 spiro atoms. The molecule has 0 fully saturated rings. The van der Waals surface area contributed by atoms with Gasteiger partial charge in [-0.15, -0.1) is 0 Å². The van der Waals surface area contributed by atoms with Gasteiger partial charge in [0.15, 0.2) is 5.82 Å². The molecule has 1 N–H and O–H groups in total. The average molecular weight is 254 g/mol. The zero-order valence-electron chi connectivity index (χ0n) is 9.58. The molecular weight excluding hydrogens is 247 g/mol. The molecule has 0 atom stereocenters. The molecule has 2 aromatic rings. The maximum atomic E-state index is 10.5. The molecule has 0 bridgehead atoms. The molecule has 1 aromatic heterocycles. The van der Waals surface area contributed by atoms with E-state index in [1.165, 1.54) is 12.1 Å². The Morgan fingerprint density at radius 3 is 2.56 bits per heavy atom. The summed E-state index contributed by atoms with van der Waals surface area (Å²) in [6, 6.07) is 5.85. The molecule has 7 nitrogen and oxygen atoms in total. The van der Waals surface area contributed by atoms with Gasteiger partial charge in [-0.05, 0) is 12.1 Å². The maximum Gasteiger partial charge on any atom is 1.00 e. The van der Waals surface area contributed by atoms with Crippen LogP contribution in [-0.2, 0) is 11.2 Å². The molecule has 8 heteroatoms. The van der Waals surface area contributed by atoms with Gasteiger partial charge >= 0.3 is 29.6 Å². The number of benzene rings is 1. The molecule has 0 aliphatic rings. The average Bonchev–Trinajstić information content (AvgIpc) is 2.78. The number of hydrogen-bond acceptors (Lipinski definition) is 5. The number of aromatic amines is 1. The number of rotatable bonds is 4. The summed E-state index contributed by atoms with van der Waals surface area (Å²) in [6.07, 6.45) is 1.74. The first-order valence-electron chi connectivity index (χ1n) is 4.72. The molecule has 1 aromatic carbocycles.